The number of benzene rings is 1. The number of rotatable bonds is 7. The standard InChI is InChI=1S/C14H23FN2S/c1-11(7-9-18-3)17(2)14-5-4-12(6-8-16)10-13(14)15/h4-5,10-11H,6-9,16H2,1-3H3. The van der Waals surface area contributed by atoms with Gasteiger partial charge in [0, 0.05) is 13.1 Å². The Bertz CT molecular complexity index is 371. The van der Waals surface area contributed by atoms with Crippen LogP contribution < -0.4 is 10.6 Å². The van der Waals surface area contributed by atoms with Crippen LogP contribution in [0.2, 0.25) is 0 Å². The van der Waals surface area contributed by atoms with Crippen LogP contribution in [0.25, 0.3) is 0 Å². The summed E-state index contributed by atoms with van der Waals surface area (Å²) in [5.41, 5.74) is 7.11. The van der Waals surface area contributed by atoms with Gasteiger partial charge in [-0.15, -0.1) is 0 Å². The zero-order chi connectivity index (χ0) is 13.5. The molecule has 0 radical (unpaired) electrons. The summed E-state index contributed by atoms with van der Waals surface area (Å²) in [5.74, 6) is 0.942. The lowest BCUT2D eigenvalue weighted by molar-refractivity contribution is 0.599. The Morgan fingerprint density at radius 2 is 2.17 bits per heavy atom. The van der Waals surface area contributed by atoms with Crippen LogP contribution in [-0.4, -0.2) is 31.6 Å². The van der Waals surface area contributed by atoms with E-state index in [9.17, 15) is 4.39 Å². The Kier molecular flexibility index (Phi) is 6.50. The Labute approximate surface area is 114 Å². The van der Waals surface area contributed by atoms with Gasteiger partial charge in [-0.05, 0) is 56.0 Å². The zero-order valence-corrected chi connectivity index (χ0v) is 12.3. The predicted molar refractivity (Wildman–Crippen MR) is 80.0 cm³/mol. The van der Waals surface area contributed by atoms with E-state index in [0.717, 1.165) is 24.2 Å². The highest BCUT2D eigenvalue weighted by Crippen LogP contribution is 2.22. The second-order valence-electron chi connectivity index (χ2n) is 4.57. The highest BCUT2D eigenvalue weighted by Gasteiger charge is 2.13. The minimum Gasteiger partial charge on any atom is -0.369 e. The second-order valence-corrected chi connectivity index (χ2v) is 5.55. The van der Waals surface area contributed by atoms with Gasteiger partial charge in [0.2, 0.25) is 0 Å². The predicted octanol–water partition coefficient (Wildman–Crippen LogP) is 2.90. The largest absolute Gasteiger partial charge is 0.369 e. The van der Waals surface area contributed by atoms with Crippen LogP contribution in [0.5, 0.6) is 0 Å². The minimum atomic E-state index is -0.153. The van der Waals surface area contributed by atoms with Gasteiger partial charge in [-0.2, -0.15) is 11.8 Å². The molecule has 102 valence electrons. The van der Waals surface area contributed by atoms with E-state index in [0.29, 0.717) is 18.3 Å². The quantitative estimate of drug-likeness (QED) is 0.826. The summed E-state index contributed by atoms with van der Waals surface area (Å²) >= 11 is 1.82. The molecule has 2 nitrogen and oxygen atoms in total. The third kappa shape index (κ3) is 4.18. The van der Waals surface area contributed by atoms with E-state index in [1.54, 1.807) is 6.07 Å². The smallest absolute Gasteiger partial charge is 0.146 e. The molecule has 0 aliphatic carbocycles. The van der Waals surface area contributed by atoms with E-state index < -0.39 is 0 Å². The third-order valence-electron chi connectivity index (χ3n) is 3.23. The lowest BCUT2D eigenvalue weighted by Gasteiger charge is -2.27. The fraction of sp³-hybridized carbons (Fsp3) is 0.571. The van der Waals surface area contributed by atoms with E-state index in [4.69, 9.17) is 5.73 Å². The molecule has 0 fully saturated rings. The van der Waals surface area contributed by atoms with E-state index in [1.165, 1.54) is 0 Å². The van der Waals surface area contributed by atoms with Crippen LogP contribution in [0.15, 0.2) is 18.2 Å². The molecule has 1 unspecified atom stereocenters. The number of halogens is 1. The van der Waals surface area contributed by atoms with E-state index in [2.05, 4.69) is 13.2 Å². The van der Waals surface area contributed by atoms with Gasteiger partial charge in [-0.3, -0.25) is 0 Å². The van der Waals surface area contributed by atoms with Gasteiger partial charge in [-0.25, -0.2) is 4.39 Å². The Hall–Kier alpha value is -0.740. The molecule has 1 aromatic carbocycles. The monoisotopic (exact) mass is 270 g/mol. The summed E-state index contributed by atoms with van der Waals surface area (Å²) < 4.78 is 14.0. The number of hydrogen-bond acceptors (Lipinski definition) is 3. The van der Waals surface area contributed by atoms with Crippen molar-refractivity contribution in [1.29, 1.82) is 0 Å². The number of anilines is 1. The SMILES string of the molecule is CSCCC(C)N(C)c1ccc(CCN)cc1F. The van der Waals surface area contributed by atoms with Crippen molar-refractivity contribution in [3.05, 3.63) is 29.6 Å². The van der Waals surface area contributed by atoms with Crippen LogP contribution in [-0.2, 0) is 6.42 Å². The maximum absolute atomic E-state index is 14.0. The molecule has 18 heavy (non-hydrogen) atoms. The van der Waals surface area contributed by atoms with E-state index in [-0.39, 0.29) is 5.82 Å². The molecule has 1 atom stereocenters. The summed E-state index contributed by atoms with van der Waals surface area (Å²) in [5, 5.41) is 0. The molecule has 0 aromatic heterocycles. The number of nitrogens with zero attached hydrogens (tertiary/aromatic N) is 1. The minimum absolute atomic E-state index is 0.153. The van der Waals surface area contributed by atoms with Gasteiger partial charge in [-0.1, -0.05) is 6.07 Å². The van der Waals surface area contributed by atoms with E-state index in [1.807, 2.05) is 35.8 Å². The molecule has 0 aliphatic heterocycles. The first-order valence-corrected chi connectivity index (χ1v) is 7.69. The first-order chi connectivity index (χ1) is 8.60. The van der Waals surface area contributed by atoms with Crippen LogP contribution in [0.4, 0.5) is 10.1 Å². The van der Waals surface area contributed by atoms with Crippen molar-refractivity contribution in [3.63, 3.8) is 0 Å². The molecule has 1 rings (SSSR count). The van der Waals surface area contributed by atoms with Crippen molar-refractivity contribution < 1.29 is 4.39 Å². The van der Waals surface area contributed by atoms with Gasteiger partial charge < -0.3 is 10.6 Å². The van der Waals surface area contributed by atoms with E-state index >= 15 is 0 Å². The average molecular weight is 270 g/mol. The zero-order valence-electron chi connectivity index (χ0n) is 11.4. The molecule has 0 saturated carbocycles. The van der Waals surface area contributed by atoms with Crippen LogP contribution >= 0.6 is 11.8 Å². The number of nitrogens with two attached hydrogens (primary N) is 1. The molecule has 0 aliphatic rings. The topological polar surface area (TPSA) is 29.3 Å². The molecule has 0 bridgehead atoms. The van der Waals surface area contributed by atoms with Crippen LogP contribution in [0.3, 0.4) is 0 Å². The average Bonchev–Trinajstić information content (AvgIpc) is 2.35. The number of hydrogen-bond donors (Lipinski definition) is 1. The Morgan fingerprint density at radius 1 is 1.44 bits per heavy atom. The first kappa shape index (κ1) is 15.3. The van der Waals surface area contributed by atoms with Crippen molar-refractivity contribution in [2.75, 3.05) is 30.5 Å². The van der Waals surface area contributed by atoms with Crippen molar-refractivity contribution >= 4 is 17.4 Å². The lowest BCUT2D eigenvalue weighted by atomic mass is 10.1. The van der Waals surface area contributed by atoms with Gasteiger partial charge in [0.05, 0.1) is 5.69 Å². The molecular weight excluding hydrogens is 247 g/mol. The van der Waals surface area contributed by atoms with Crippen LogP contribution in [0, 0.1) is 5.82 Å². The van der Waals surface area contributed by atoms with Gasteiger partial charge in [0.15, 0.2) is 0 Å². The lowest BCUT2D eigenvalue weighted by Crippen LogP contribution is -2.30. The molecule has 0 amide bonds. The number of thioether (sulfide) groups is 1. The summed E-state index contributed by atoms with van der Waals surface area (Å²) in [4.78, 5) is 2.01. The Balaban J connectivity index is 2.76. The molecule has 4 heteroatoms. The van der Waals surface area contributed by atoms with Crippen molar-refractivity contribution in [2.45, 2.75) is 25.8 Å². The normalized spacial score (nSPS) is 12.5. The molecule has 1 aromatic rings. The maximum atomic E-state index is 14.0. The molecule has 0 saturated heterocycles. The van der Waals surface area contributed by atoms with Crippen molar-refractivity contribution in [3.8, 4) is 0 Å². The van der Waals surface area contributed by atoms with Gasteiger partial charge in [0.1, 0.15) is 5.82 Å². The first-order valence-electron chi connectivity index (χ1n) is 6.30. The fourth-order valence-electron chi connectivity index (χ4n) is 1.88. The van der Waals surface area contributed by atoms with Gasteiger partial charge in [0.25, 0.3) is 0 Å². The Morgan fingerprint density at radius 3 is 2.72 bits per heavy atom. The fourth-order valence-corrected chi connectivity index (χ4v) is 2.45. The molecule has 0 spiro atoms. The summed E-state index contributed by atoms with van der Waals surface area (Å²) in [6.07, 6.45) is 3.87. The van der Waals surface area contributed by atoms with Gasteiger partial charge >= 0.3 is 0 Å². The van der Waals surface area contributed by atoms with Crippen LogP contribution in [0.1, 0.15) is 18.9 Å². The highest BCUT2D eigenvalue weighted by molar-refractivity contribution is 7.98. The highest BCUT2D eigenvalue weighted by atomic mass is 32.2. The molecular formula is C14H23FN2S. The van der Waals surface area contributed by atoms with Crippen molar-refractivity contribution in [2.24, 2.45) is 5.73 Å². The summed E-state index contributed by atoms with van der Waals surface area (Å²) in [6.45, 7) is 2.68. The maximum Gasteiger partial charge on any atom is 0.146 e. The summed E-state index contributed by atoms with van der Waals surface area (Å²) in [7, 11) is 1.95. The molecule has 0 heterocycles. The molecule has 2 N–H and O–H groups in total. The summed E-state index contributed by atoms with van der Waals surface area (Å²) in [6, 6.07) is 5.76. The second kappa shape index (κ2) is 7.64. The third-order valence-corrected chi connectivity index (χ3v) is 3.87. The van der Waals surface area contributed by atoms with Crippen molar-refractivity contribution in [1.82, 2.24) is 0 Å².